The van der Waals surface area contributed by atoms with Crippen molar-refractivity contribution in [2.75, 3.05) is 18.0 Å². The van der Waals surface area contributed by atoms with Crippen LogP contribution in [0.4, 0.5) is 5.82 Å². The molecule has 0 radical (unpaired) electrons. The molecule has 1 aromatic rings. The highest BCUT2D eigenvalue weighted by atomic mass is 79.9. The highest BCUT2D eigenvalue weighted by Crippen LogP contribution is 2.26. The van der Waals surface area contributed by atoms with Crippen molar-refractivity contribution in [3.8, 4) is 0 Å². The summed E-state index contributed by atoms with van der Waals surface area (Å²) in [5.74, 6) is 1.11. The minimum absolute atomic E-state index is 0.160. The Bertz CT molecular complexity index is 356. The molecule has 0 bridgehead atoms. The van der Waals surface area contributed by atoms with Crippen LogP contribution >= 0.6 is 15.9 Å². The van der Waals surface area contributed by atoms with Gasteiger partial charge < -0.3 is 9.69 Å². The van der Waals surface area contributed by atoms with Crippen LogP contribution in [0.25, 0.3) is 0 Å². The van der Waals surface area contributed by atoms with E-state index in [0.29, 0.717) is 0 Å². The molecule has 3 nitrogen and oxygen atoms in total. The maximum Gasteiger partial charge on any atom is 0.142 e. The maximum atomic E-state index is 10.8. The molecule has 0 amide bonds. The summed E-state index contributed by atoms with van der Waals surface area (Å²) >= 11 is 3.48. The SMILES string of the molecule is O=CC1CCCN(c2ncccc2Br)C1. The Morgan fingerprint density at radius 2 is 2.47 bits per heavy atom. The van der Waals surface area contributed by atoms with Gasteiger partial charge in [-0.05, 0) is 40.9 Å². The van der Waals surface area contributed by atoms with E-state index in [-0.39, 0.29) is 5.92 Å². The summed E-state index contributed by atoms with van der Waals surface area (Å²) in [5, 5.41) is 0. The monoisotopic (exact) mass is 268 g/mol. The Balaban J connectivity index is 2.16. The topological polar surface area (TPSA) is 33.2 Å². The van der Waals surface area contributed by atoms with E-state index in [2.05, 4.69) is 25.8 Å². The summed E-state index contributed by atoms with van der Waals surface area (Å²) in [4.78, 5) is 17.3. The van der Waals surface area contributed by atoms with Gasteiger partial charge in [0.1, 0.15) is 12.1 Å². The lowest BCUT2D eigenvalue weighted by atomic mass is 10.00. The molecule has 1 atom stereocenters. The van der Waals surface area contributed by atoms with E-state index in [9.17, 15) is 4.79 Å². The first-order valence-electron chi connectivity index (χ1n) is 5.12. The van der Waals surface area contributed by atoms with E-state index in [0.717, 1.165) is 42.5 Å². The summed E-state index contributed by atoms with van der Waals surface area (Å²) in [7, 11) is 0. The van der Waals surface area contributed by atoms with Crippen LogP contribution in [-0.4, -0.2) is 24.4 Å². The van der Waals surface area contributed by atoms with Crippen molar-refractivity contribution in [1.29, 1.82) is 0 Å². The van der Waals surface area contributed by atoms with Crippen molar-refractivity contribution in [1.82, 2.24) is 4.98 Å². The molecule has 1 aliphatic heterocycles. The number of carbonyl (C=O) groups excluding carboxylic acids is 1. The molecule has 1 aliphatic rings. The Labute approximate surface area is 97.6 Å². The second kappa shape index (κ2) is 4.75. The highest BCUT2D eigenvalue weighted by Gasteiger charge is 2.21. The Kier molecular flexibility index (Phi) is 3.36. The van der Waals surface area contributed by atoms with Crippen LogP contribution in [0.15, 0.2) is 22.8 Å². The fourth-order valence-corrected chi connectivity index (χ4v) is 2.43. The molecule has 1 fully saturated rings. The predicted molar refractivity (Wildman–Crippen MR) is 62.9 cm³/mol. The van der Waals surface area contributed by atoms with Gasteiger partial charge in [-0.15, -0.1) is 0 Å². The Morgan fingerprint density at radius 1 is 1.60 bits per heavy atom. The van der Waals surface area contributed by atoms with Crippen molar-refractivity contribution < 1.29 is 4.79 Å². The molecule has 80 valence electrons. The van der Waals surface area contributed by atoms with Gasteiger partial charge in [-0.3, -0.25) is 0 Å². The lowest BCUT2D eigenvalue weighted by Gasteiger charge is -2.31. The molecular formula is C11H13BrN2O. The minimum Gasteiger partial charge on any atom is -0.355 e. The number of aldehydes is 1. The first-order chi connectivity index (χ1) is 7.31. The number of pyridine rings is 1. The Morgan fingerprint density at radius 3 is 3.20 bits per heavy atom. The zero-order valence-corrected chi connectivity index (χ0v) is 9.98. The van der Waals surface area contributed by atoms with Crippen molar-refractivity contribution in [3.63, 3.8) is 0 Å². The molecule has 4 heteroatoms. The molecule has 0 saturated carbocycles. The lowest BCUT2D eigenvalue weighted by Crippen LogP contribution is -2.36. The van der Waals surface area contributed by atoms with Crippen molar-refractivity contribution in [2.45, 2.75) is 12.8 Å². The summed E-state index contributed by atoms with van der Waals surface area (Å²) in [6.45, 7) is 1.78. The first-order valence-corrected chi connectivity index (χ1v) is 5.91. The lowest BCUT2D eigenvalue weighted by molar-refractivity contribution is -0.111. The number of aromatic nitrogens is 1. The van der Waals surface area contributed by atoms with Gasteiger partial charge in [-0.2, -0.15) is 0 Å². The normalized spacial score (nSPS) is 21.4. The molecule has 1 saturated heterocycles. The van der Waals surface area contributed by atoms with E-state index in [1.54, 1.807) is 6.20 Å². The van der Waals surface area contributed by atoms with Crippen LogP contribution in [0.3, 0.4) is 0 Å². The van der Waals surface area contributed by atoms with Crippen LogP contribution in [0, 0.1) is 5.92 Å². The smallest absolute Gasteiger partial charge is 0.142 e. The summed E-state index contributed by atoms with van der Waals surface area (Å²) in [6.07, 6.45) is 4.91. The van der Waals surface area contributed by atoms with Gasteiger partial charge in [-0.25, -0.2) is 4.98 Å². The van der Waals surface area contributed by atoms with E-state index in [4.69, 9.17) is 0 Å². The van der Waals surface area contributed by atoms with Crippen molar-refractivity contribution >= 4 is 28.0 Å². The van der Waals surface area contributed by atoms with Crippen molar-refractivity contribution in [3.05, 3.63) is 22.8 Å². The van der Waals surface area contributed by atoms with E-state index in [1.807, 2.05) is 12.1 Å². The fourth-order valence-electron chi connectivity index (χ4n) is 1.92. The van der Waals surface area contributed by atoms with Crippen LogP contribution in [0.2, 0.25) is 0 Å². The molecule has 0 aliphatic carbocycles. The van der Waals surface area contributed by atoms with Crippen LogP contribution < -0.4 is 4.90 Å². The van der Waals surface area contributed by atoms with Gasteiger partial charge in [0.05, 0.1) is 4.47 Å². The molecule has 2 rings (SSSR count). The first kappa shape index (κ1) is 10.6. The van der Waals surface area contributed by atoms with Gasteiger partial charge in [0.15, 0.2) is 0 Å². The predicted octanol–water partition coefficient (Wildman–Crippen LogP) is 2.26. The number of halogens is 1. The zero-order chi connectivity index (χ0) is 10.7. The number of hydrogen-bond donors (Lipinski definition) is 0. The molecule has 0 N–H and O–H groups in total. The zero-order valence-electron chi connectivity index (χ0n) is 8.40. The molecule has 15 heavy (non-hydrogen) atoms. The standard InChI is InChI=1S/C11H13BrN2O/c12-10-4-1-5-13-11(10)14-6-2-3-9(7-14)8-15/h1,4-5,8-9H,2-3,6-7H2. The number of rotatable bonds is 2. The number of nitrogens with zero attached hydrogens (tertiary/aromatic N) is 2. The van der Waals surface area contributed by atoms with Gasteiger partial charge in [0, 0.05) is 25.2 Å². The molecular weight excluding hydrogens is 256 g/mol. The summed E-state index contributed by atoms with van der Waals surface area (Å²) < 4.78 is 0.997. The average Bonchev–Trinajstić information content (AvgIpc) is 2.30. The number of hydrogen-bond acceptors (Lipinski definition) is 3. The van der Waals surface area contributed by atoms with Gasteiger partial charge >= 0.3 is 0 Å². The Hall–Kier alpha value is -0.900. The third-order valence-electron chi connectivity index (χ3n) is 2.69. The highest BCUT2D eigenvalue weighted by molar-refractivity contribution is 9.10. The van der Waals surface area contributed by atoms with E-state index >= 15 is 0 Å². The largest absolute Gasteiger partial charge is 0.355 e. The van der Waals surface area contributed by atoms with Crippen LogP contribution in [-0.2, 0) is 4.79 Å². The van der Waals surface area contributed by atoms with Gasteiger partial charge in [-0.1, -0.05) is 0 Å². The van der Waals surface area contributed by atoms with Crippen molar-refractivity contribution in [2.24, 2.45) is 5.92 Å². The molecule has 1 aromatic heterocycles. The second-order valence-electron chi connectivity index (χ2n) is 3.79. The number of carbonyl (C=O) groups is 1. The molecule has 0 aromatic carbocycles. The molecule has 1 unspecified atom stereocenters. The van der Waals surface area contributed by atoms with Crippen LogP contribution in [0.5, 0.6) is 0 Å². The maximum absolute atomic E-state index is 10.8. The van der Waals surface area contributed by atoms with Gasteiger partial charge in [0.25, 0.3) is 0 Å². The quantitative estimate of drug-likeness (QED) is 0.772. The van der Waals surface area contributed by atoms with E-state index < -0.39 is 0 Å². The van der Waals surface area contributed by atoms with Gasteiger partial charge in [0.2, 0.25) is 0 Å². The summed E-state index contributed by atoms with van der Waals surface area (Å²) in [5.41, 5.74) is 0. The molecule has 2 heterocycles. The number of piperidine rings is 1. The average molecular weight is 269 g/mol. The minimum atomic E-state index is 0.160. The fraction of sp³-hybridized carbons (Fsp3) is 0.455. The summed E-state index contributed by atoms with van der Waals surface area (Å²) in [6, 6.07) is 3.88. The molecule has 0 spiro atoms. The van der Waals surface area contributed by atoms with Crippen LogP contribution in [0.1, 0.15) is 12.8 Å². The third-order valence-corrected chi connectivity index (χ3v) is 3.31. The third kappa shape index (κ3) is 2.37. The van der Waals surface area contributed by atoms with E-state index in [1.165, 1.54) is 0 Å². The number of anilines is 1. The second-order valence-corrected chi connectivity index (χ2v) is 4.65.